The zero-order valence-corrected chi connectivity index (χ0v) is 8.58. The maximum absolute atomic E-state index is 5.57. The summed E-state index contributed by atoms with van der Waals surface area (Å²) in [6, 6.07) is 8.78. The van der Waals surface area contributed by atoms with Crippen LogP contribution < -0.4 is 5.73 Å². The zero-order valence-electron chi connectivity index (χ0n) is 8.58. The Balaban J connectivity index is 2.06. The van der Waals surface area contributed by atoms with Gasteiger partial charge in [0.05, 0.1) is 0 Å². The molecule has 0 amide bonds. The molecule has 0 spiro atoms. The fraction of sp³-hybridized carbons (Fsp3) is 0.500. The highest BCUT2D eigenvalue weighted by molar-refractivity contribution is 5.28. The number of hydrogen-bond acceptors (Lipinski definition) is 2. The van der Waals surface area contributed by atoms with E-state index in [-0.39, 0.29) is 0 Å². The van der Waals surface area contributed by atoms with Gasteiger partial charge in [0.1, 0.15) is 0 Å². The van der Waals surface area contributed by atoms with Gasteiger partial charge in [0, 0.05) is 26.2 Å². The third kappa shape index (κ3) is 2.14. The quantitative estimate of drug-likeness (QED) is 0.755. The van der Waals surface area contributed by atoms with Crippen molar-refractivity contribution in [1.29, 1.82) is 0 Å². The highest BCUT2D eigenvalue weighted by Crippen LogP contribution is 2.14. The van der Waals surface area contributed by atoms with E-state index in [0.717, 1.165) is 26.2 Å². The Morgan fingerprint density at radius 3 is 2.14 bits per heavy atom. The minimum Gasteiger partial charge on any atom is -0.329 e. The molecular weight excluding hydrogens is 172 g/mol. The topological polar surface area (TPSA) is 29.3 Å². The molecule has 0 aromatic heterocycles. The minimum absolute atomic E-state index is 0.774. The van der Waals surface area contributed by atoms with Crippen molar-refractivity contribution in [2.24, 2.45) is 5.73 Å². The van der Waals surface area contributed by atoms with Crippen LogP contribution >= 0.6 is 0 Å². The molecule has 2 nitrogen and oxygen atoms in total. The third-order valence-electron chi connectivity index (χ3n) is 2.96. The summed E-state index contributed by atoms with van der Waals surface area (Å²) < 4.78 is 0. The number of benzene rings is 1. The van der Waals surface area contributed by atoms with Gasteiger partial charge in [-0.05, 0) is 24.0 Å². The van der Waals surface area contributed by atoms with Crippen LogP contribution in [0, 0.1) is 0 Å². The second-order valence-electron chi connectivity index (χ2n) is 3.90. The molecule has 1 aromatic rings. The van der Waals surface area contributed by atoms with Gasteiger partial charge in [0.15, 0.2) is 0 Å². The summed E-state index contributed by atoms with van der Waals surface area (Å²) in [6.45, 7) is 4.13. The van der Waals surface area contributed by atoms with Gasteiger partial charge < -0.3 is 10.6 Å². The van der Waals surface area contributed by atoms with Gasteiger partial charge in [-0.1, -0.05) is 24.3 Å². The molecule has 0 atom stereocenters. The molecule has 1 aliphatic heterocycles. The van der Waals surface area contributed by atoms with Crippen molar-refractivity contribution >= 4 is 0 Å². The van der Waals surface area contributed by atoms with Crippen LogP contribution in [0.25, 0.3) is 0 Å². The lowest BCUT2D eigenvalue weighted by Crippen LogP contribution is -2.31. The Labute approximate surface area is 85.7 Å². The summed E-state index contributed by atoms with van der Waals surface area (Å²) in [5.41, 5.74) is 8.61. The van der Waals surface area contributed by atoms with Crippen LogP contribution in [-0.2, 0) is 12.8 Å². The average molecular weight is 190 g/mol. The second kappa shape index (κ2) is 4.58. The van der Waals surface area contributed by atoms with Crippen molar-refractivity contribution < 1.29 is 0 Å². The molecule has 2 heteroatoms. The standard InChI is InChI=1S/C12H18N2/c13-7-10-14-8-5-11-3-1-2-4-12(11)6-9-14/h1-4H,5-10,13H2. The molecule has 0 aliphatic carbocycles. The Hall–Kier alpha value is -0.860. The molecule has 76 valence electrons. The van der Waals surface area contributed by atoms with Gasteiger partial charge in [-0.25, -0.2) is 0 Å². The van der Waals surface area contributed by atoms with E-state index < -0.39 is 0 Å². The molecule has 0 saturated heterocycles. The van der Waals surface area contributed by atoms with E-state index >= 15 is 0 Å². The van der Waals surface area contributed by atoms with Crippen LogP contribution in [0.5, 0.6) is 0 Å². The molecule has 14 heavy (non-hydrogen) atoms. The van der Waals surface area contributed by atoms with Crippen LogP contribution in [0.4, 0.5) is 0 Å². The Morgan fingerprint density at radius 1 is 1.07 bits per heavy atom. The van der Waals surface area contributed by atoms with Gasteiger partial charge >= 0.3 is 0 Å². The molecule has 0 saturated carbocycles. The van der Waals surface area contributed by atoms with Crippen molar-refractivity contribution in [1.82, 2.24) is 4.90 Å². The smallest absolute Gasteiger partial charge is 0.0105 e. The average Bonchev–Trinajstić information content (AvgIpc) is 2.42. The first kappa shape index (κ1) is 9.69. The largest absolute Gasteiger partial charge is 0.329 e. The molecule has 2 N–H and O–H groups in total. The predicted molar refractivity (Wildman–Crippen MR) is 59.3 cm³/mol. The first-order valence-corrected chi connectivity index (χ1v) is 5.39. The van der Waals surface area contributed by atoms with E-state index in [1.54, 1.807) is 0 Å². The predicted octanol–water partition coefficient (Wildman–Crippen LogP) is 1.05. The first-order valence-electron chi connectivity index (χ1n) is 5.39. The molecule has 0 radical (unpaired) electrons. The van der Waals surface area contributed by atoms with Crippen molar-refractivity contribution in [2.45, 2.75) is 12.8 Å². The summed E-state index contributed by atoms with van der Waals surface area (Å²) in [5.74, 6) is 0. The van der Waals surface area contributed by atoms with Crippen LogP contribution in [0.1, 0.15) is 11.1 Å². The minimum atomic E-state index is 0.774. The van der Waals surface area contributed by atoms with Crippen molar-refractivity contribution in [2.75, 3.05) is 26.2 Å². The molecular formula is C12H18N2. The summed E-state index contributed by atoms with van der Waals surface area (Å²) in [7, 11) is 0. The number of nitrogens with zero attached hydrogens (tertiary/aromatic N) is 1. The molecule has 1 aliphatic rings. The lowest BCUT2D eigenvalue weighted by Gasteiger charge is -2.17. The Kier molecular flexibility index (Phi) is 3.17. The van der Waals surface area contributed by atoms with Crippen LogP contribution in [0.3, 0.4) is 0 Å². The number of rotatable bonds is 2. The van der Waals surface area contributed by atoms with Gasteiger partial charge in [-0.3, -0.25) is 0 Å². The van der Waals surface area contributed by atoms with Crippen LogP contribution in [0.15, 0.2) is 24.3 Å². The SMILES string of the molecule is NCCN1CCc2ccccc2CC1. The van der Waals surface area contributed by atoms with Crippen LogP contribution in [-0.4, -0.2) is 31.1 Å². The van der Waals surface area contributed by atoms with Crippen molar-refractivity contribution in [3.05, 3.63) is 35.4 Å². The number of nitrogens with two attached hydrogens (primary N) is 1. The normalized spacial score (nSPS) is 17.5. The molecule has 1 heterocycles. The van der Waals surface area contributed by atoms with Crippen LogP contribution in [0.2, 0.25) is 0 Å². The highest BCUT2D eigenvalue weighted by atomic mass is 15.1. The highest BCUT2D eigenvalue weighted by Gasteiger charge is 2.11. The summed E-state index contributed by atoms with van der Waals surface area (Å²) in [5, 5.41) is 0. The maximum Gasteiger partial charge on any atom is 0.0105 e. The lowest BCUT2D eigenvalue weighted by molar-refractivity contribution is 0.295. The fourth-order valence-corrected chi connectivity index (χ4v) is 2.12. The fourth-order valence-electron chi connectivity index (χ4n) is 2.12. The van der Waals surface area contributed by atoms with E-state index in [1.165, 1.54) is 24.0 Å². The van der Waals surface area contributed by atoms with E-state index in [9.17, 15) is 0 Å². The molecule has 0 fully saturated rings. The van der Waals surface area contributed by atoms with Gasteiger partial charge in [0.2, 0.25) is 0 Å². The molecule has 2 rings (SSSR count). The van der Waals surface area contributed by atoms with Crippen molar-refractivity contribution in [3.8, 4) is 0 Å². The van der Waals surface area contributed by atoms with Gasteiger partial charge in [-0.15, -0.1) is 0 Å². The third-order valence-corrected chi connectivity index (χ3v) is 2.96. The van der Waals surface area contributed by atoms with E-state index in [4.69, 9.17) is 5.73 Å². The monoisotopic (exact) mass is 190 g/mol. The van der Waals surface area contributed by atoms with E-state index in [1.807, 2.05) is 0 Å². The van der Waals surface area contributed by atoms with Gasteiger partial charge in [0.25, 0.3) is 0 Å². The maximum atomic E-state index is 5.57. The summed E-state index contributed by atoms with van der Waals surface area (Å²) >= 11 is 0. The lowest BCUT2D eigenvalue weighted by atomic mass is 10.0. The first-order chi connectivity index (χ1) is 6.90. The molecule has 0 bridgehead atoms. The van der Waals surface area contributed by atoms with E-state index in [0.29, 0.717) is 0 Å². The summed E-state index contributed by atoms with van der Waals surface area (Å²) in [6.07, 6.45) is 2.35. The van der Waals surface area contributed by atoms with E-state index in [2.05, 4.69) is 29.2 Å². The number of fused-ring (bicyclic) bond motifs is 1. The second-order valence-corrected chi connectivity index (χ2v) is 3.90. The Morgan fingerprint density at radius 2 is 1.64 bits per heavy atom. The zero-order chi connectivity index (χ0) is 9.80. The number of hydrogen-bond donors (Lipinski definition) is 1. The van der Waals surface area contributed by atoms with Crippen molar-refractivity contribution in [3.63, 3.8) is 0 Å². The molecule has 1 aromatic carbocycles. The summed E-state index contributed by atoms with van der Waals surface area (Å²) in [4.78, 5) is 2.46. The molecule has 0 unspecified atom stereocenters. The van der Waals surface area contributed by atoms with Gasteiger partial charge in [-0.2, -0.15) is 0 Å². The Bertz CT molecular complexity index is 269.